The number of carbonyl (C=O) groups excluding carboxylic acids is 1. The topological polar surface area (TPSA) is 98.9 Å². The van der Waals surface area contributed by atoms with E-state index in [0.29, 0.717) is 0 Å². The second-order valence-electron chi connectivity index (χ2n) is 4.46. The first-order valence-electron chi connectivity index (χ1n) is 6.24. The van der Waals surface area contributed by atoms with Crippen LogP contribution in [0, 0.1) is 0 Å². The van der Waals surface area contributed by atoms with E-state index in [2.05, 4.69) is 4.74 Å². The van der Waals surface area contributed by atoms with Gasteiger partial charge in [0.1, 0.15) is 10.6 Å². The average Bonchev–Trinajstić information content (AvgIpc) is 2.51. The van der Waals surface area contributed by atoms with Gasteiger partial charge >= 0.3 is 5.97 Å². The van der Waals surface area contributed by atoms with Gasteiger partial charge in [-0.2, -0.15) is 4.31 Å². The van der Waals surface area contributed by atoms with E-state index in [1.165, 1.54) is 43.8 Å². The van der Waals surface area contributed by atoms with Crippen molar-refractivity contribution < 1.29 is 22.7 Å². The normalized spacial score (nSPS) is 12.5. The lowest BCUT2D eigenvalue weighted by atomic mass is 10.2. The maximum absolute atomic E-state index is 12.5. The smallest absolute Gasteiger partial charge is 0.337 e. The Morgan fingerprint density at radius 1 is 1.36 bits per heavy atom. The fourth-order valence-corrected chi connectivity index (χ4v) is 3.17. The Hall–Kier alpha value is -1.35. The maximum atomic E-state index is 12.5. The minimum atomic E-state index is -3.77. The third kappa shape index (κ3) is 4.10. The van der Waals surface area contributed by atoms with Crippen LogP contribution in [0.3, 0.4) is 0 Å². The molecule has 0 heterocycles. The number of sulfonamides is 1. The van der Waals surface area contributed by atoms with Crippen molar-refractivity contribution in [2.75, 3.05) is 27.8 Å². The molecule has 0 amide bonds. The molecule has 22 heavy (non-hydrogen) atoms. The van der Waals surface area contributed by atoms with Crippen LogP contribution in [0.5, 0.6) is 5.75 Å². The van der Waals surface area contributed by atoms with Gasteiger partial charge in [0.25, 0.3) is 0 Å². The van der Waals surface area contributed by atoms with Crippen LogP contribution in [0.15, 0.2) is 23.1 Å². The molecule has 0 saturated heterocycles. The molecule has 126 valence electrons. The van der Waals surface area contributed by atoms with E-state index in [-0.39, 0.29) is 41.2 Å². The highest BCUT2D eigenvalue weighted by molar-refractivity contribution is 7.89. The SMILES string of the molecule is COC(=O)c1ccc(S(=O)(=O)N(C)C(C)CN)c(OC)c1.Cl. The lowest BCUT2D eigenvalue weighted by Gasteiger charge is -2.24. The number of hydrogen-bond acceptors (Lipinski definition) is 6. The van der Waals surface area contributed by atoms with E-state index in [4.69, 9.17) is 10.5 Å². The van der Waals surface area contributed by atoms with Gasteiger partial charge in [-0.05, 0) is 25.1 Å². The zero-order valence-corrected chi connectivity index (χ0v) is 14.5. The number of rotatable bonds is 6. The minimum absolute atomic E-state index is 0. The van der Waals surface area contributed by atoms with Crippen molar-refractivity contribution >= 4 is 28.4 Å². The summed E-state index contributed by atoms with van der Waals surface area (Å²) in [5.41, 5.74) is 5.71. The van der Waals surface area contributed by atoms with Crippen LogP contribution in [0.2, 0.25) is 0 Å². The summed E-state index contributed by atoms with van der Waals surface area (Å²) in [7, 11) is 0.260. The number of esters is 1. The highest BCUT2D eigenvalue weighted by Crippen LogP contribution is 2.28. The van der Waals surface area contributed by atoms with Crippen molar-refractivity contribution in [3.8, 4) is 5.75 Å². The Kier molecular flexibility index (Phi) is 7.82. The van der Waals surface area contributed by atoms with Crippen LogP contribution in [0.4, 0.5) is 0 Å². The van der Waals surface area contributed by atoms with Crippen LogP contribution in [0.1, 0.15) is 17.3 Å². The van der Waals surface area contributed by atoms with Gasteiger partial charge < -0.3 is 15.2 Å². The number of hydrogen-bond donors (Lipinski definition) is 1. The molecule has 0 aliphatic heterocycles. The number of benzene rings is 1. The first kappa shape index (κ1) is 20.6. The molecule has 2 N–H and O–H groups in total. The van der Waals surface area contributed by atoms with Crippen LogP contribution in [-0.4, -0.2) is 52.5 Å². The molecular formula is C13H21ClN2O5S. The molecule has 9 heteroatoms. The molecule has 0 aromatic heterocycles. The quantitative estimate of drug-likeness (QED) is 0.763. The van der Waals surface area contributed by atoms with E-state index < -0.39 is 16.0 Å². The molecule has 0 aliphatic carbocycles. The summed E-state index contributed by atoms with van der Waals surface area (Å²) in [6.45, 7) is 1.89. The van der Waals surface area contributed by atoms with Crippen LogP contribution in [-0.2, 0) is 14.8 Å². The summed E-state index contributed by atoms with van der Waals surface area (Å²) >= 11 is 0. The Bertz CT molecular complexity index is 621. The Morgan fingerprint density at radius 2 is 1.95 bits per heavy atom. The van der Waals surface area contributed by atoms with E-state index in [1.807, 2.05) is 0 Å². The first-order chi connectivity index (χ1) is 9.79. The Morgan fingerprint density at radius 3 is 2.41 bits per heavy atom. The van der Waals surface area contributed by atoms with E-state index >= 15 is 0 Å². The molecule has 1 aromatic carbocycles. The first-order valence-corrected chi connectivity index (χ1v) is 7.68. The molecule has 0 radical (unpaired) electrons. The van der Waals surface area contributed by atoms with Gasteiger partial charge in [0.05, 0.1) is 19.8 Å². The predicted octanol–water partition coefficient (Wildman–Crippen LogP) is 0.871. The standard InChI is InChI=1S/C13H20N2O5S.ClH/c1-9(8-14)15(2)21(17,18)12-6-5-10(13(16)20-4)7-11(12)19-3;/h5-7,9H,8,14H2,1-4H3;1H. The number of halogens is 1. The highest BCUT2D eigenvalue weighted by atomic mass is 35.5. The molecular weight excluding hydrogens is 332 g/mol. The molecule has 0 bridgehead atoms. The summed E-state index contributed by atoms with van der Waals surface area (Å²) < 4.78 is 35.9. The summed E-state index contributed by atoms with van der Waals surface area (Å²) in [5, 5.41) is 0. The van der Waals surface area contributed by atoms with Gasteiger partial charge in [-0.15, -0.1) is 12.4 Å². The number of nitrogens with two attached hydrogens (primary N) is 1. The fourth-order valence-electron chi connectivity index (χ4n) is 1.67. The van der Waals surface area contributed by atoms with Crippen molar-refractivity contribution in [1.29, 1.82) is 0 Å². The molecule has 7 nitrogen and oxygen atoms in total. The van der Waals surface area contributed by atoms with Gasteiger partial charge in [-0.1, -0.05) is 0 Å². The third-order valence-electron chi connectivity index (χ3n) is 3.20. The number of ether oxygens (including phenoxy) is 2. The molecule has 1 atom stereocenters. The number of nitrogens with zero attached hydrogens (tertiary/aromatic N) is 1. The highest BCUT2D eigenvalue weighted by Gasteiger charge is 2.28. The molecule has 1 rings (SSSR count). The minimum Gasteiger partial charge on any atom is -0.495 e. The lowest BCUT2D eigenvalue weighted by Crippen LogP contribution is -2.39. The molecule has 1 aromatic rings. The Labute approximate surface area is 136 Å². The predicted molar refractivity (Wildman–Crippen MR) is 85.0 cm³/mol. The number of carbonyl (C=O) groups is 1. The van der Waals surface area contributed by atoms with Crippen LogP contribution < -0.4 is 10.5 Å². The summed E-state index contributed by atoms with van der Waals surface area (Å²) in [6, 6.07) is 3.67. The van der Waals surface area contributed by atoms with Crippen molar-refractivity contribution in [3.05, 3.63) is 23.8 Å². The monoisotopic (exact) mass is 352 g/mol. The maximum Gasteiger partial charge on any atom is 0.337 e. The second-order valence-corrected chi connectivity index (χ2v) is 6.43. The van der Waals surface area contributed by atoms with Crippen molar-refractivity contribution in [3.63, 3.8) is 0 Å². The van der Waals surface area contributed by atoms with Crippen molar-refractivity contribution in [1.82, 2.24) is 4.31 Å². The summed E-state index contributed by atoms with van der Waals surface area (Å²) in [5.74, 6) is -0.491. The van der Waals surface area contributed by atoms with Gasteiger partial charge in [0, 0.05) is 19.6 Å². The Balaban J connectivity index is 0.00000441. The molecule has 0 fully saturated rings. The van der Waals surface area contributed by atoms with Gasteiger partial charge in [0.2, 0.25) is 10.0 Å². The average molecular weight is 353 g/mol. The molecule has 1 unspecified atom stereocenters. The van der Waals surface area contributed by atoms with Crippen molar-refractivity contribution in [2.24, 2.45) is 5.73 Å². The zero-order valence-electron chi connectivity index (χ0n) is 12.9. The summed E-state index contributed by atoms with van der Waals surface area (Å²) in [6.07, 6.45) is 0. The second kappa shape index (κ2) is 8.33. The van der Waals surface area contributed by atoms with Crippen LogP contribution in [0.25, 0.3) is 0 Å². The molecule has 0 saturated carbocycles. The van der Waals surface area contributed by atoms with E-state index in [9.17, 15) is 13.2 Å². The lowest BCUT2D eigenvalue weighted by molar-refractivity contribution is 0.0600. The summed E-state index contributed by atoms with van der Waals surface area (Å²) in [4.78, 5) is 11.4. The van der Waals surface area contributed by atoms with Crippen LogP contribution >= 0.6 is 12.4 Å². The van der Waals surface area contributed by atoms with Gasteiger partial charge in [0.15, 0.2) is 0 Å². The molecule has 0 spiro atoms. The zero-order chi connectivity index (χ0) is 16.2. The van der Waals surface area contributed by atoms with Gasteiger partial charge in [-0.25, -0.2) is 13.2 Å². The van der Waals surface area contributed by atoms with E-state index in [0.717, 1.165) is 0 Å². The molecule has 0 aliphatic rings. The number of likely N-dealkylation sites (N-methyl/N-ethyl adjacent to an activating group) is 1. The largest absolute Gasteiger partial charge is 0.495 e. The van der Waals surface area contributed by atoms with Gasteiger partial charge in [-0.3, -0.25) is 0 Å². The number of methoxy groups -OCH3 is 2. The van der Waals surface area contributed by atoms with Crippen molar-refractivity contribution in [2.45, 2.75) is 17.9 Å². The van der Waals surface area contributed by atoms with E-state index in [1.54, 1.807) is 6.92 Å². The fraction of sp³-hybridized carbons (Fsp3) is 0.462. The third-order valence-corrected chi connectivity index (χ3v) is 5.21.